The van der Waals surface area contributed by atoms with Crippen LogP contribution in [0.1, 0.15) is 5.56 Å². The number of non-ortho nitro benzene ring substituents is 1. The summed E-state index contributed by atoms with van der Waals surface area (Å²) in [5, 5.41) is 18.7. The van der Waals surface area contributed by atoms with E-state index in [-0.39, 0.29) is 5.69 Å². The van der Waals surface area contributed by atoms with Gasteiger partial charge in [0.15, 0.2) is 5.76 Å². The fourth-order valence-corrected chi connectivity index (χ4v) is 3.82. The SMILES string of the molecule is O=[N+]([O-])c1ccc(-c2ccc(-c3csc(NN=Cc4c[nH]c5ccccc45)n3)o2)cc1. The third kappa shape index (κ3) is 3.81. The predicted molar refractivity (Wildman–Crippen MR) is 121 cm³/mol. The van der Waals surface area contributed by atoms with Gasteiger partial charge in [0.2, 0.25) is 5.13 Å². The Morgan fingerprint density at radius 3 is 2.74 bits per heavy atom. The Bertz CT molecular complexity index is 1400. The number of hydrogen-bond donors (Lipinski definition) is 2. The second-order valence-corrected chi connectivity index (χ2v) is 7.52. The number of aromatic amines is 1. The molecule has 0 aliphatic carbocycles. The highest BCUT2D eigenvalue weighted by molar-refractivity contribution is 7.14. The number of benzene rings is 2. The van der Waals surface area contributed by atoms with Crippen LogP contribution in [0.15, 0.2) is 81.8 Å². The lowest BCUT2D eigenvalue weighted by Gasteiger charge is -1.97. The van der Waals surface area contributed by atoms with Gasteiger partial charge in [-0.15, -0.1) is 11.3 Å². The zero-order valence-corrected chi connectivity index (χ0v) is 16.8. The highest BCUT2D eigenvalue weighted by Gasteiger charge is 2.12. The minimum absolute atomic E-state index is 0.0407. The van der Waals surface area contributed by atoms with E-state index >= 15 is 0 Å². The van der Waals surface area contributed by atoms with Crippen molar-refractivity contribution in [3.8, 4) is 22.8 Å². The molecular formula is C22H15N5O3S. The largest absolute Gasteiger partial charge is 0.454 e. The minimum Gasteiger partial charge on any atom is -0.454 e. The first-order valence-electron chi connectivity index (χ1n) is 9.33. The number of nitrogens with one attached hydrogen (secondary N) is 2. The van der Waals surface area contributed by atoms with Gasteiger partial charge in [-0.3, -0.25) is 15.5 Å². The number of nitro groups is 1. The minimum atomic E-state index is -0.428. The molecule has 31 heavy (non-hydrogen) atoms. The zero-order chi connectivity index (χ0) is 21.2. The third-order valence-electron chi connectivity index (χ3n) is 4.71. The molecular weight excluding hydrogens is 414 g/mol. The summed E-state index contributed by atoms with van der Waals surface area (Å²) in [6, 6.07) is 17.9. The monoisotopic (exact) mass is 429 g/mol. The molecule has 2 N–H and O–H groups in total. The van der Waals surface area contributed by atoms with Crippen LogP contribution in [0.4, 0.5) is 10.8 Å². The molecule has 0 saturated carbocycles. The van der Waals surface area contributed by atoms with Gasteiger partial charge in [-0.05, 0) is 30.3 Å². The predicted octanol–water partition coefficient (Wildman–Crippen LogP) is 5.91. The first kappa shape index (κ1) is 18.8. The summed E-state index contributed by atoms with van der Waals surface area (Å²) in [5.74, 6) is 1.23. The Morgan fingerprint density at radius 2 is 1.90 bits per heavy atom. The molecule has 152 valence electrons. The molecule has 5 rings (SSSR count). The van der Waals surface area contributed by atoms with Crippen molar-refractivity contribution in [1.29, 1.82) is 0 Å². The van der Waals surface area contributed by atoms with Gasteiger partial charge in [0, 0.05) is 45.7 Å². The highest BCUT2D eigenvalue weighted by atomic mass is 32.1. The van der Waals surface area contributed by atoms with Crippen molar-refractivity contribution in [2.24, 2.45) is 5.10 Å². The van der Waals surface area contributed by atoms with E-state index in [1.807, 2.05) is 48.0 Å². The van der Waals surface area contributed by atoms with E-state index < -0.39 is 4.92 Å². The third-order valence-corrected chi connectivity index (χ3v) is 5.46. The number of fused-ring (bicyclic) bond motifs is 1. The Balaban J connectivity index is 1.29. The molecule has 0 unspecified atom stereocenters. The number of aromatic nitrogens is 2. The topological polar surface area (TPSA) is 109 Å². The number of H-pyrrole nitrogens is 1. The van der Waals surface area contributed by atoms with Gasteiger partial charge in [-0.25, -0.2) is 4.98 Å². The molecule has 0 radical (unpaired) electrons. The number of rotatable bonds is 6. The van der Waals surface area contributed by atoms with Gasteiger partial charge in [0.1, 0.15) is 11.5 Å². The summed E-state index contributed by atoms with van der Waals surface area (Å²) in [7, 11) is 0. The molecule has 0 bridgehead atoms. The van der Waals surface area contributed by atoms with Crippen LogP contribution in [0.5, 0.6) is 0 Å². The van der Waals surface area contributed by atoms with Crippen LogP contribution in [0, 0.1) is 10.1 Å². The summed E-state index contributed by atoms with van der Waals surface area (Å²) in [6.07, 6.45) is 3.66. The lowest BCUT2D eigenvalue weighted by Crippen LogP contribution is -1.89. The molecule has 5 aromatic rings. The molecule has 0 aliphatic rings. The standard InChI is InChI=1S/C22H15N5O3S/c28-27(29)16-7-5-14(6-8-16)20-9-10-21(30-20)19-13-31-22(25-19)26-24-12-15-11-23-18-4-2-1-3-17(15)18/h1-13,23H,(H,25,26). The van der Waals surface area contributed by atoms with Gasteiger partial charge in [-0.2, -0.15) is 5.10 Å². The van der Waals surface area contributed by atoms with Crippen molar-refractivity contribution in [2.75, 3.05) is 5.43 Å². The maximum Gasteiger partial charge on any atom is 0.269 e. The van der Waals surface area contributed by atoms with Crippen LogP contribution in [0.3, 0.4) is 0 Å². The molecule has 0 aliphatic heterocycles. The van der Waals surface area contributed by atoms with Crippen molar-refractivity contribution < 1.29 is 9.34 Å². The second-order valence-electron chi connectivity index (χ2n) is 6.67. The highest BCUT2D eigenvalue weighted by Crippen LogP contribution is 2.31. The van der Waals surface area contributed by atoms with E-state index in [0.29, 0.717) is 22.3 Å². The van der Waals surface area contributed by atoms with Crippen LogP contribution in [0.2, 0.25) is 0 Å². The maximum absolute atomic E-state index is 10.8. The van der Waals surface area contributed by atoms with Crippen LogP contribution in [-0.2, 0) is 0 Å². The van der Waals surface area contributed by atoms with Crippen molar-refractivity contribution in [3.63, 3.8) is 0 Å². The van der Waals surface area contributed by atoms with E-state index in [2.05, 4.69) is 20.5 Å². The second kappa shape index (κ2) is 7.88. The summed E-state index contributed by atoms with van der Waals surface area (Å²) in [4.78, 5) is 18.1. The first-order chi connectivity index (χ1) is 15.2. The Hall–Kier alpha value is -4.24. The average Bonchev–Trinajstić information content (AvgIpc) is 3.54. The number of hydrogen-bond acceptors (Lipinski definition) is 7. The van der Waals surface area contributed by atoms with E-state index in [4.69, 9.17) is 4.42 Å². The fraction of sp³-hybridized carbons (Fsp3) is 0. The maximum atomic E-state index is 10.8. The summed E-state index contributed by atoms with van der Waals surface area (Å²) in [6.45, 7) is 0. The number of thiazole rings is 1. The molecule has 3 aromatic heterocycles. The average molecular weight is 429 g/mol. The normalized spacial score (nSPS) is 11.4. The molecule has 0 fully saturated rings. The number of nitro benzene ring substituents is 1. The van der Waals surface area contributed by atoms with Gasteiger partial charge >= 0.3 is 0 Å². The first-order valence-corrected chi connectivity index (χ1v) is 10.2. The fourth-order valence-electron chi connectivity index (χ4n) is 3.17. The quantitative estimate of drug-likeness (QED) is 0.198. The van der Waals surface area contributed by atoms with Gasteiger partial charge in [-0.1, -0.05) is 18.2 Å². The number of para-hydroxylation sites is 1. The van der Waals surface area contributed by atoms with Gasteiger partial charge in [0.25, 0.3) is 5.69 Å². The van der Waals surface area contributed by atoms with Gasteiger partial charge < -0.3 is 9.40 Å². The molecule has 8 nitrogen and oxygen atoms in total. The Morgan fingerprint density at radius 1 is 1.10 bits per heavy atom. The summed E-state index contributed by atoms with van der Waals surface area (Å²) < 4.78 is 5.88. The van der Waals surface area contributed by atoms with Crippen LogP contribution in [-0.4, -0.2) is 21.1 Å². The van der Waals surface area contributed by atoms with Crippen LogP contribution < -0.4 is 5.43 Å². The molecule has 3 heterocycles. The number of hydrazone groups is 1. The van der Waals surface area contributed by atoms with Crippen molar-refractivity contribution >= 4 is 39.3 Å². The summed E-state index contributed by atoms with van der Waals surface area (Å²) >= 11 is 1.42. The molecule has 0 amide bonds. The van der Waals surface area contributed by atoms with E-state index in [1.54, 1.807) is 18.3 Å². The smallest absolute Gasteiger partial charge is 0.269 e. The van der Waals surface area contributed by atoms with E-state index in [9.17, 15) is 10.1 Å². The summed E-state index contributed by atoms with van der Waals surface area (Å²) in [5.41, 5.74) is 6.48. The van der Waals surface area contributed by atoms with Crippen molar-refractivity contribution in [1.82, 2.24) is 9.97 Å². The van der Waals surface area contributed by atoms with E-state index in [0.717, 1.165) is 22.0 Å². The van der Waals surface area contributed by atoms with Crippen molar-refractivity contribution in [3.05, 3.63) is 87.9 Å². The number of anilines is 1. The van der Waals surface area contributed by atoms with Crippen LogP contribution in [0.25, 0.3) is 33.7 Å². The molecule has 0 spiro atoms. The Labute approximate surface area is 180 Å². The molecule has 0 saturated heterocycles. The van der Waals surface area contributed by atoms with Crippen LogP contribution >= 0.6 is 11.3 Å². The molecule has 9 heteroatoms. The van der Waals surface area contributed by atoms with Gasteiger partial charge in [0.05, 0.1) is 11.1 Å². The number of nitrogens with zero attached hydrogens (tertiary/aromatic N) is 3. The molecule has 0 atom stereocenters. The molecule has 2 aromatic carbocycles. The Kier molecular flexibility index (Phi) is 4.77. The zero-order valence-electron chi connectivity index (χ0n) is 16.0. The van der Waals surface area contributed by atoms with E-state index in [1.165, 1.54) is 23.5 Å². The number of furan rings is 1. The van der Waals surface area contributed by atoms with Crippen molar-refractivity contribution in [2.45, 2.75) is 0 Å². The lowest BCUT2D eigenvalue weighted by molar-refractivity contribution is -0.384. The lowest BCUT2D eigenvalue weighted by atomic mass is 10.1.